The number of nitrogens with one attached hydrogen (secondary N) is 1. The molecule has 1 rings (SSSR count). The minimum absolute atomic E-state index is 0.312. The quantitative estimate of drug-likeness (QED) is 0.849. The summed E-state index contributed by atoms with van der Waals surface area (Å²) in [5, 5.41) is 11.9. The van der Waals surface area contributed by atoms with Gasteiger partial charge in [0.05, 0.1) is 11.6 Å². The molecular weight excluding hydrogens is 215 g/mol. The van der Waals surface area contributed by atoms with Crippen molar-refractivity contribution in [3.63, 3.8) is 0 Å². The van der Waals surface area contributed by atoms with E-state index in [1.54, 1.807) is 12.1 Å². The highest BCUT2D eigenvalue weighted by Gasteiger charge is 2.07. The summed E-state index contributed by atoms with van der Waals surface area (Å²) in [6, 6.07) is 6.89. The van der Waals surface area contributed by atoms with Gasteiger partial charge in [0, 0.05) is 18.2 Å². The standard InChI is InChI=1S/C14H19FN2/c1-10(2)6-11(3)17-9-13-5-4-12(8-16)7-14(13)15/h4-5,7,10-11,17H,6,9H2,1-3H3. The van der Waals surface area contributed by atoms with E-state index in [4.69, 9.17) is 5.26 Å². The molecule has 17 heavy (non-hydrogen) atoms. The Bertz CT molecular complexity index is 407. The molecule has 92 valence electrons. The van der Waals surface area contributed by atoms with Gasteiger partial charge in [-0.05, 0) is 31.4 Å². The Morgan fingerprint density at radius 2 is 2.06 bits per heavy atom. The zero-order chi connectivity index (χ0) is 12.8. The van der Waals surface area contributed by atoms with E-state index < -0.39 is 0 Å². The molecule has 1 unspecified atom stereocenters. The van der Waals surface area contributed by atoms with E-state index in [-0.39, 0.29) is 5.82 Å². The van der Waals surface area contributed by atoms with E-state index in [0.717, 1.165) is 6.42 Å². The molecule has 2 nitrogen and oxygen atoms in total. The Balaban J connectivity index is 2.55. The van der Waals surface area contributed by atoms with Crippen molar-refractivity contribution in [3.8, 4) is 6.07 Å². The summed E-state index contributed by atoms with van der Waals surface area (Å²) in [4.78, 5) is 0. The van der Waals surface area contributed by atoms with Crippen LogP contribution in [0.25, 0.3) is 0 Å². The smallest absolute Gasteiger partial charge is 0.129 e. The van der Waals surface area contributed by atoms with Gasteiger partial charge in [0.1, 0.15) is 5.82 Å². The fourth-order valence-electron chi connectivity index (χ4n) is 1.83. The Morgan fingerprint density at radius 1 is 1.35 bits per heavy atom. The summed E-state index contributed by atoms with van der Waals surface area (Å²) in [7, 11) is 0. The predicted molar refractivity (Wildman–Crippen MR) is 66.9 cm³/mol. The van der Waals surface area contributed by atoms with Gasteiger partial charge in [0.2, 0.25) is 0 Å². The van der Waals surface area contributed by atoms with E-state index in [0.29, 0.717) is 29.6 Å². The molecule has 1 aromatic carbocycles. The lowest BCUT2D eigenvalue weighted by atomic mass is 10.0. The highest BCUT2D eigenvalue weighted by molar-refractivity contribution is 5.32. The Kier molecular flexibility index (Phi) is 5.11. The normalized spacial score (nSPS) is 12.5. The summed E-state index contributed by atoms with van der Waals surface area (Å²) >= 11 is 0. The number of hydrogen-bond donors (Lipinski definition) is 1. The van der Waals surface area contributed by atoms with E-state index >= 15 is 0 Å². The number of rotatable bonds is 5. The minimum atomic E-state index is -0.312. The van der Waals surface area contributed by atoms with Crippen LogP contribution in [-0.2, 0) is 6.54 Å². The summed E-state index contributed by atoms with van der Waals surface area (Å²) < 4.78 is 13.6. The van der Waals surface area contributed by atoms with Crippen LogP contribution in [0.2, 0.25) is 0 Å². The van der Waals surface area contributed by atoms with Crippen molar-refractivity contribution in [1.82, 2.24) is 5.32 Å². The molecular formula is C14H19FN2. The van der Waals surface area contributed by atoms with Gasteiger partial charge in [-0.2, -0.15) is 5.26 Å². The van der Waals surface area contributed by atoms with Crippen molar-refractivity contribution in [3.05, 3.63) is 35.1 Å². The molecule has 0 saturated carbocycles. The molecule has 1 N–H and O–H groups in total. The van der Waals surface area contributed by atoms with Crippen LogP contribution in [-0.4, -0.2) is 6.04 Å². The zero-order valence-electron chi connectivity index (χ0n) is 10.6. The van der Waals surface area contributed by atoms with Gasteiger partial charge in [-0.25, -0.2) is 4.39 Å². The van der Waals surface area contributed by atoms with Gasteiger partial charge in [-0.15, -0.1) is 0 Å². The molecule has 0 spiro atoms. The van der Waals surface area contributed by atoms with Gasteiger partial charge in [-0.3, -0.25) is 0 Å². The molecule has 0 fully saturated rings. The third kappa shape index (κ3) is 4.54. The van der Waals surface area contributed by atoms with Crippen LogP contribution in [0.3, 0.4) is 0 Å². The van der Waals surface area contributed by atoms with Gasteiger partial charge in [0.25, 0.3) is 0 Å². The third-order valence-corrected chi connectivity index (χ3v) is 2.65. The molecule has 0 aromatic heterocycles. The summed E-state index contributed by atoms with van der Waals surface area (Å²) in [6.07, 6.45) is 1.07. The number of hydrogen-bond acceptors (Lipinski definition) is 2. The van der Waals surface area contributed by atoms with Gasteiger partial charge in [0.15, 0.2) is 0 Å². The first kappa shape index (κ1) is 13.7. The number of nitrogens with zero attached hydrogens (tertiary/aromatic N) is 1. The van der Waals surface area contributed by atoms with E-state index in [1.165, 1.54) is 6.07 Å². The van der Waals surface area contributed by atoms with Crippen molar-refractivity contribution in [1.29, 1.82) is 5.26 Å². The zero-order valence-corrected chi connectivity index (χ0v) is 10.6. The van der Waals surface area contributed by atoms with Gasteiger partial charge >= 0.3 is 0 Å². The van der Waals surface area contributed by atoms with Crippen LogP contribution in [0.1, 0.15) is 38.3 Å². The van der Waals surface area contributed by atoms with Gasteiger partial charge in [-0.1, -0.05) is 19.9 Å². The Hall–Kier alpha value is -1.40. The van der Waals surface area contributed by atoms with Crippen molar-refractivity contribution in [2.45, 2.75) is 39.8 Å². The number of nitriles is 1. The molecule has 1 atom stereocenters. The largest absolute Gasteiger partial charge is 0.310 e. The molecule has 3 heteroatoms. The second-order valence-electron chi connectivity index (χ2n) is 4.83. The first-order valence-electron chi connectivity index (χ1n) is 5.94. The summed E-state index contributed by atoms with van der Waals surface area (Å²) in [5.74, 6) is 0.316. The number of benzene rings is 1. The second kappa shape index (κ2) is 6.36. The minimum Gasteiger partial charge on any atom is -0.310 e. The second-order valence-corrected chi connectivity index (χ2v) is 4.83. The highest BCUT2D eigenvalue weighted by Crippen LogP contribution is 2.11. The van der Waals surface area contributed by atoms with Crippen LogP contribution < -0.4 is 5.32 Å². The first-order valence-corrected chi connectivity index (χ1v) is 5.94. The molecule has 0 aliphatic carbocycles. The van der Waals surface area contributed by atoms with Crippen LogP contribution in [0.4, 0.5) is 4.39 Å². The summed E-state index contributed by atoms with van der Waals surface area (Å²) in [6.45, 7) is 6.94. The topological polar surface area (TPSA) is 35.8 Å². The maximum absolute atomic E-state index is 13.6. The van der Waals surface area contributed by atoms with E-state index in [1.807, 2.05) is 6.07 Å². The van der Waals surface area contributed by atoms with Crippen LogP contribution >= 0.6 is 0 Å². The molecule has 0 bridgehead atoms. The Morgan fingerprint density at radius 3 is 2.59 bits per heavy atom. The Labute approximate surface area is 102 Å². The molecule has 0 heterocycles. The lowest BCUT2D eigenvalue weighted by Gasteiger charge is -2.16. The van der Waals surface area contributed by atoms with Crippen molar-refractivity contribution in [2.24, 2.45) is 5.92 Å². The molecule has 1 aromatic rings. The number of halogens is 1. The van der Waals surface area contributed by atoms with E-state index in [9.17, 15) is 4.39 Å². The third-order valence-electron chi connectivity index (χ3n) is 2.65. The maximum Gasteiger partial charge on any atom is 0.129 e. The average molecular weight is 234 g/mol. The van der Waals surface area contributed by atoms with E-state index in [2.05, 4.69) is 26.1 Å². The maximum atomic E-state index is 13.6. The monoisotopic (exact) mass is 234 g/mol. The lowest BCUT2D eigenvalue weighted by molar-refractivity contribution is 0.437. The lowest BCUT2D eigenvalue weighted by Crippen LogP contribution is -2.27. The fraction of sp³-hybridized carbons (Fsp3) is 0.500. The van der Waals surface area contributed by atoms with Crippen molar-refractivity contribution < 1.29 is 4.39 Å². The van der Waals surface area contributed by atoms with Crippen LogP contribution in [0.5, 0.6) is 0 Å². The first-order chi connectivity index (χ1) is 8.02. The molecule has 0 aliphatic rings. The fourth-order valence-corrected chi connectivity index (χ4v) is 1.83. The van der Waals surface area contributed by atoms with Crippen LogP contribution in [0, 0.1) is 23.1 Å². The molecule has 0 aliphatic heterocycles. The molecule has 0 saturated heterocycles. The summed E-state index contributed by atoms with van der Waals surface area (Å²) in [5.41, 5.74) is 0.973. The SMILES string of the molecule is CC(C)CC(C)NCc1ccc(C#N)cc1F. The average Bonchev–Trinajstić information content (AvgIpc) is 2.26. The van der Waals surface area contributed by atoms with Crippen molar-refractivity contribution in [2.75, 3.05) is 0 Å². The molecule has 0 radical (unpaired) electrons. The van der Waals surface area contributed by atoms with Crippen LogP contribution in [0.15, 0.2) is 18.2 Å². The predicted octanol–water partition coefficient (Wildman–Crippen LogP) is 3.22. The van der Waals surface area contributed by atoms with Gasteiger partial charge < -0.3 is 5.32 Å². The highest BCUT2D eigenvalue weighted by atomic mass is 19.1. The molecule has 0 amide bonds. The van der Waals surface area contributed by atoms with Crippen molar-refractivity contribution >= 4 is 0 Å².